The Kier molecular flexibility index (Phi) is 4.74. The first kappa shape index (κ1) is 15.4. The van der Waals surface area contributed by atoms with Crippen LogP contribution in [0, 0.1) is 16.0 Å². The van der Waals surface area contributed by atoms with Crippen LogP contribution in [0.2, 0.25) is 0 Å². The fraction of sp³-hybridized carbons (Fsp3) is 0.455. The minimum absolute atomic E-state index is 0.107. The molecule has 2 rings (SSSR count). The summed E-state index contributed by atoms with van der Waals surface area (Å²) in [5, 5.41) is 10.9. The van der Waals surface area contributed by atoms with Gasteiger partial charge in [-0.05, 0) is 24.5 Å². The predicted octanol–water partition coefficient (Wildman–Crippen LogP) is 1.67. The maximum absolute atomic E-state index is 12.2. The van der Waals surface area contributed by atoms with Gasteiger partial charge in [0, 0.05) is 23.7 Å². The van der Waals surface area contributed by atoms with Gasteiger partial charge in [-0.3, -0.25) is 10.1 Å². The van der Waals surface area contributed by atoms with E-state index in [2.05, 4.69) is 20.7 Å². The highest BCUT2D eigenvalue weighted by molar-refractivity contribution is 9.10. The van der Waals surface area contributed by atoms with Crippen LogP contribution in [-0.2, 0) is 14.8 Å². The van der Waals surface area contributed by atoms with E-state index >= 15 is 0 Å². The smallest absolute Gasteiger partial charge is 0.289 e. The first-order valence-electron chi connectivity index (χ1n) is 5.91. The van der Waals surface area contributed by atoms with Gasteiger partial charge in [-0.15, -0.1) is 0 Å². The molecule has 0 aromatic heterocycles. The molecule has 0 aliphatic carbocycles. The second-order valence-electron chi connectivity index (χ2n) is 4.45. The summed E-state index contributed by atoms with van der Waals surface area (Å²) in [4.78, 5) is 9.87. The highest BCUT2D eigenvalue weighted by Crippen LogP contribution is 2.27. The van der Waals surface area contributed by atoms with Gasteiger partial charge in [-0.2, -0.15) is 0 Å². The summed E-state index contributed by atoms with van der Waals surface area (Å²) in [6, 6.07) is 3.82. The van der Waals surface area contributed by atoms with Crippen LogP contribution in [0.25, 0.3) is 0 Å². The SMILES string of the molecule is O=[N+]([O-])c1ccc(Br)cc1S(=O)(=O)NCC1CCOC1. The van der Waals surface area contributed by atoms with Crippen molar-refractivity contribution in [1.29, 1.82) is 0 Å². The minimum Gasteiger partial charge on any atom is -0.381 e. The Balaban J connectivity index is 2.23. The van der Waals surface area contributed by atoms with Crippen molar-refractivity contribution in [1.82, 2.24) is 4.72 Å². The van der Waals surface area contributed by atoms with Gasteiger partial charge in [-0.25, -0.2) is 13.1 Å². The number of benzene rings is 1. The van der Waals surface area contributed by atoms with E-state index in [-0.39, 0.29) is 17.4 Å². The second-order valence-corrected chi connectivity index (χ2v) is 7.10. The van der Waals surface area contributed by atoms with Crippen LogP contribution < -0.4 is 4.72 Å². The molecule has 9 heteroatoms. The highest BCUT2D eigenvalue weighted by atomic mass is 79.9. The number of ether oxygens (including phenoxy) is 1. The van der Waals surface area contributed by atoms with Crippen molar-refractivity contribution < 1.29 is 18.1 Å². The molecule has 1 aliphatic heterocycles. The minimum atomic E-state index is -3.92. The zero-order valence-electron chi connectivity index (χ0n) is 10.4. The van der Waals surface area contributed by atoms with Gasteiger partial charge in [0.15, 0.2) is 4.90 Å². The van der Waals surface area contributed by atoms with Crippen LogP contribution >= 0.6 is 15.9 Å². The second kappa shape index (κ2) is 6.17. The Labute approximate surface area is 124 Å². The molecule has 1 saturated heterocycles. The maximum Gasteiger partial charge on any atom is 0.289 e. The van der Waals surface area contributed by atoms with Crippen LogP contribution in [0.15, 0.2) is 27.6 Å². The number of rotatable bonds is 5. The average molecular weight is 365 g/mol. The molecule has 1 heterocycles. The van der Waals surface area contributed by atoms with E-state index in [4.69, 9.17) is 4.74 Å². The lowest BCUT2D eigenvalue weighted by molar-refractivity contribution is -0.387. The molecule has 1 aromatic carbocycles. The maximum atomic E-state index is 12.2. The first-order chi connectivity index (χ1) is 9.40. The fourth-order valence-electron chi connectivity index (χ4n) is 1.90. The van der Waals surface area contributed by atoms with Crippen LogP contribution in [-0.4, -0.2) is 33.1 Å². The van der Waals surface area contributed by atoms with Crippen LogP contribution in [0.4, 0.5) is 5.69 Å². The number of nitro benzene ring substituents is 1. The molecular formula is C11H13BrN2O5S. The summed E-state index contributed by atoms with van der Waals surface area (Å²) >= 11 is 3.12. The average Bonchev–Trinajstić information content (AvgIpc) is 2.89. The van der Waals surface area contributed by atoms with Crippen LogP contribution in [0.1, 0.15) is 6.42 Å². The van der Waals surface area contributed by atoms with Gasteiger partial charge >= 0.3 is 0 Å². The Bertz CT molecular complexity index is 613. The van der Waals surface area contributed by atoms with Gasteiger partial charge in [-0.1, -0.05) is 15.9 Å². The first-order valence-corrected chi connectivity index (χ1v) is 8.19. The molecule has 0 amide bonds. The third-order valence-corrected chi connectivity index (χ3v) is 4.94. The Hall–Kier alpha value is -1.03. The Morgan fingerprint density at radius 1 is 1.50 bits per heavy atom. The molecule has 1 unspecified atom stereocenters. The lowest BCUT2D eigenvalue weighted by Gasteiger charge is -2.10. The number of nitrogens with zero attached hydrogens (tertiary/aromatic N) is 1. The van der Waals surface area contributed by atoms with Crippen molar-refractivity contribution in [2.75, 3.05) is 19.8 Å². The standard InChI is InChI=1S/C11H13BrN2O5S/c12-9-1-2-10(14(15)16)11(5-9)20(17,18)13-6-8-3-4-19-7-8/h1-2,5,8,13H,3-4,6-7H2. The monoisotopic (exact) mass is 364 g/mol. The number of sulfonamides is 1. The summed E-state index contributed by atoms with van der Waals surface area (Å²) in [7, 11) is -3.92. The summed E-state index contributed by atoms with van der Waals surface area (Å²) < 4.78 is 32.4. The molecule has 20 heavy (non-hydrogen) atoms. The van der Waals surface area contributed by atoms with Gasteiger partial charge in [0.05, 0.1) is 11.5 Å². The predicted molar refractivity (Wildman–Crippen MR) is 74.9 cm³/mol. The lowest BCUT2D eigenvalue weighted by Crippen LogP contribution is -2.30. The number of nitro groups is 1. The zero-order chi connectivity index (χ0) is 14.8. The van der Waals surface area contributed by atoms with Gasteiger partial charge in [0.2, 0.25) is 10.0 Å². The quantitative estimate of drug-likeness (QED) is 0.632. The molecule has 1 atom stereocenters. The van der Waals surface area contributed by atoms with Gasteiger partial charge in [0.25, 0.3) is 5.69 Å². The number of hydrogen-bond acceptors (Lipinski definition) is 5. The van der Waals surface area contributed by atoms with Gasteiger partial charge in [0.1, 0.15) is 0 Å². The molecule has 1 N–H and O–H groups in total. The molecule has 0 radical (unpaired) electrons. The summed E-state index contributed by atoms with van der Waals surface area (Å²) in [5.74, 6) is 0.107. The van der Waals surface area contributed by atoms with E-state index in [9.17, 15) is 18.5 Å². The van der Waals surface area contributed by atoms with Crippen molar-refractivity contribution in [2.24, 2.45) is 5.92 Å². The van der Waals surface area contributed by atoms with E-state index in [1.807, 2.05) is 0 Å². The van der Waals surface area contributed by atoms with Gasteiger partial charge < -0.3 is 4.74 Å². The van der Waals surface area contributed by atoms with Crippen molar-refractivity contribution in [2.45, 2.75) is 11.3 Å². The Morgan fingerprint density at radius 2 is 2.25 bits per heavy atom. The topological polar surface area (TPSA) is 98.5 Å². The number of halogens is 1. The van der Waals surface area contributed by atoms with Crippen molar-refractivity contribution >= 4 is 31.6 Å². The normalized spacial score (nSPS) is 19.1. The van der Waals surface area contributed by atoms with E-state index in [1.54, 1.807) is 0 Å². The molecule has 110 valence electrons. The summed E-state index contributed by atoms with van der Waals surface area (Å²) in [6.45, 7) is 1.33. The van der Waals surface area contributed by atoms with Crippen molar-refractivity contribution in [3.8, 4) is 0 Å². The molecule has 1 aliphatic rings. The van der Waals surface area contributed by atoms with E-state index in [1.165, 1.54) is 12.1 Å². The van der Waals surface area contributed by atoms with Crippen LogP contribution in [0.3, 0.4) is 0 Å². The molecule has 0 spiro atoms. The number of hydrogen-bond donors (Lipinski definition) is 1. The van der Waals surface area contributed by atoms with E-state index in [0.29, 0.717) is 17.7 Å². The zero-order valence-corrected chi connectivity index (χ0v) is 12.8. The van der Waals surface area contributed by atoms with Crippen molar-refractivity contribution in [3.05, 3.63) is 32.8 Å². The molecule has 1 aromatic rings. The lowest BCUT2D eigenvalue weighted by atomic mass is 10.1. The fourth-order valence-corrected chi connectivity index (χ4v) is 3.73. The summed E-state index contributed by atoms with van der Waals surface area (Å²) in [5.41, 5.74) is -0.441. The molecule has 7 nitrogen and oxygen atoms in total. The third kappa shape index (κ3) is 3.54. The van der Waals surface area contributed by atoms with E-state index < -0.39 is 20.6 Å². The van der Waals surface area contributed by atoms with Crippen LogP contribution in [0.5, 0.6) is 0 Å². The third-order valence-electron chi connectivity index (χ3n) is 2.99. The molecule has 0 bridgehead atoms. The molecule has 1 fully saturated rings. The van der Waals surface area contributed by atoms with E-state index in [0.717, 1.165) is 12.5 Å². The number of nitrogens with one attached hydrogen (secondary N) is 1. The largest absolute Gasteiger partial charge is 0.381 e. The highest BCUT2D eigenvalue weighted by Gasteiger charge is 2.27. The Morgan fingerprint density at radius 3 is 2.85 bits per heavy atom. The molecular weight excluding hydrogens is 352 g/mol. The van der Waals surface area contributed by atoms with Crippen molar-refractivity contribution in [3.63, 3.8) is 0 Å². The summed E-state index contributed by atoms with van der Waals surface area (Å²) in [6.07, 6.45) is 0.781. The molecule has 0 saturated carbocycles.